The van der Waals surface area contributed by atoms with Crippen LogP contribution in [-0.4, -0.2) is 32.8 Å². The zero-order valence-electron chi connectivity index (χ0n) is 12.1. The van der Waals surface area contributed by atoms with E-state index in [9.17, 15) is 4.79 Å². The van der Waals surface area contributed by atoms with Gasteiger partial charge < -0.3 is 10.5 Å². The van der Waals surface area contributed by atoms with Crippen molar-refractivity contribution in [3.8, 4) is 0 Å². The second-order valence-corrected chi connectivity index (χ2v) is 4.80. The number of nitrogens with zero attached hydrogens (tertiary/aromatic N) is 4. The maximum atomic E-state index is 11.5. The molecule has 0 aromatic carbocycles. The summed E-state index contributed by atoms with van der Waals surface area (Å²) in [6, 6.07) is 7.12. The van der Waals surface area contributed by atoms with E-state index in [1.165, 1.54) is 0 Å². The van der Waals surface area contributed by atoms with Gasteiger partial charge >= 0.3 is 0 Å². The number of aromatic nitrogens is 4. The Morgan fingerprint density at radius 3 is 2.86 bits per heavy atom. The van der Waals surface area contributed by atoms with E-state index < -0.39 is 5.91 Å². The highest BCUT2D eigenvalue weighted by molar-refractivity contribution is 5.94. The van der Waals surface area contributed by atoms with Crippen LogP contribution in [0.2, 0.25) is 0 Å². The summed E-state index contributed by atoms with van der Waals surface area (Å²) in [4.78, 5) is 15.8. The van der Waals surface area contributed by atoms with E-state index >= 15 is 0 Å². The van der Waals surface area contributed by atoms with Gasteiger partial charge in [0.1, 0.15) is 0 Å². The molecule has 3 aromatic rings. The Morgan fingerprint density at radius 1 is 1.27 bits per heavy atom. The number of hydrogen-bond acceptors (Lipinski definition) is 5. The SMILES string of the molecule is COCc1nn2ncccc2c1Cc1ncccc1C(N)=O. The minimum absolute atomic E-state index is 0.359. The van der Waals surface area contributed by atoms with Crippen molar-refractivity contribution >= 4 is 11.4 Å². The molecule has 7 nitrogen and oxygen atoms in total. The summed E-state index contributed by atoms with van der Waals surface area (Å²) in [6.45, 7) is 0.359. The summed E-state index contributed by atoms with van der Waals surface area (Å²) in [6.07, 6.45) is 3.74. The van der Waals surface area contributed by atoms with Crippen LogP contribution in [0.15, 0.2) is 36.7 Å². The first-order valence-electron chi connectivity index (χ1n) is 6.75. The molecule has 3 heterocycles. The van der Waals surface area contributed by atoms with Crippen LogP contribution in [0.1, 0.15) is 27.3 Å². The maximum absolute atomic E-state index is 11.5. The fourth-order valence-electron chi connectivity index (χ4n) is 2.40. The van der Waals surface area contributed by atoms with Crippen molar-refractivity contribution in [1.29, 1.82) is 0 Å². The standard InChI is InChI=1S/C15H15N5O2/c1-22-9-13-11(14-5-3-7-18-20(14)19-13)8-12-10(15(16)21)4-2-6-17-12/h2-7H,8-9H2,1H3,(H2,16,21). The number of pyridine rings is 1. The third kappa shape index (κ3) is 2.53. The molecule has 0 fully saturated rings. The molecule has 0 aliphatic carbocycles. The van der Waals surface area contributed by atoms with Crippen molar-refractivity contribution in [2.24, 2.45) is 5.73 Å². The van der Waals surface area contributed by atoms with Gasteiger partial charge in [0, 0.05) is 31.5 Å². The molecule has 0 saturated carbocycles. The van der Waals surface area contributed by atoms with Crippen LogP contribution in [0, 0.1) is 0 Å². The highest BCUT2D eigenvalue weighted by atomic mass is 16.5. The Labute approximate surface area is 126 Å². The van der Waals surface area contributed by atoms with Gasteiger partial charge in [0.05, 0.1) is 29.1 Å². The van der Waals surface area contributed by atoms with E-state index in [0.29, 0.717) is 24.3 Å². The summed E-state index contributed by atoms with van der Waals surface area (Å²) in [5, 5.41) is 8.59. The summed E-state index contributed by atoms with van der Waals surface area (Å²) >= 11 is 0. The number of amides is 1. The van der Waals surface area contributed by atoms with Crippen LogP contribution in [0.4, 0.5) is 0 Å². The number of nitrogens with two attached hydrogens (primary N) is 1. The van der Waals surface area contributed by atoms with Crippen LogP contribution < -0.4 is 5.73 Å². The first-order valence-corrected chi connectivity index (χ1v) is 6.75. The minimum atomic E-state index is -0.494. The van der Waals surface area contributed by atoms with Crippen molar-refractivity contribution < 1.29 is 9.53 Å². The van der Waals surface area contributed by atoms with E-state index in [-0.39, 0.29) is 0 Å². The first kappa shape index (κ1) is 14.2. The van der Waals surface area contributed by atoms with Crippen molar-refractivity contribution in [3.63, 3.8) is 0 Å². The molecule has 0 aliphatic rings. The van der Waals surface area contributed by atoms with Gasteiger partial charge in [-0.15, -0.1) is 0 Å². The zero-order chi connectivity index (χ0) is 15.5. The van der Waals surface area contributed by atoms with E-state index in [1.54, 1.807) is 36.3 Å². The van der Waals surface area contributed by atoms with Crippen LogP contribution in [0.5, 0.6) is 0 Å². The van der Waals surface area contributed by atoms with Gasteiger partial charge in [0.2, 0.25) is 0 Å². The lowest BCUT2D eigenvalue weighted by atomic mass is 10.0. The van der Waals surface area contributed by atoms with Crippen molar-refractivity contribution in [1.82, 2.24) is 19.8 Å². The van der Waals surface area contributed by atoms with Gasteiger partial charge in [0.15, 0.2) is 0 Å². The number of primary amides is 1. The Hall–Kier alpha value is -2.80. The molecule has 0 aliphatic heterocycles. The normalized spacial score (nSPS) is 11.0. The Kier molecular flexibility index (Phi) is 3.80. The number of fused-ring (bicyclic) bond motifs is 1. The average Bonchev–Trinajstić information content (AvgIpc) is 2.86. The van der Waals surface area contributed by atoms with Crippen LogP contribution in [0.25, 0.3) is 5.52 Å². The number of methoxy groups -OCH3 is 1. The molecular formula is C15H15N5O2. The first-order chi connectivity index (χ1) is 10.7. The minimum Gasteiger partial charge on any atom is -0.378 e. The number of hydrogen-bond donors (Lipinski definition) is 1. The molecule has 7 heteroatoms. The third-order valence-electron chi connectivity index (χ3n) is 3.39. The monoisotopic (exact) mass is 297 g/mol. The Bertz CT molecular complexity index is 828. The van der Waals surface area contributed by atoms with Crippen LogP contribution >= 0.6 is 0 Å². The molecule has 2 N–H and O–H groups in total. The molecule has 0 atom stereocenters. The molecule has 22 heavy (non-hydrogen) atoms. The van der Waals surface area contributed by atoms with Gasteiger partial charge in [-0.1, -0.05) is 0 Å². The summed E-state index contributed by atoms with van der Waals surface area (Å²) < 4.78 is 6.75. The molecule has 1 amide bonds. The predicted octanol–water partition coefficient (Wildman–Crippen LogP) is 0.960. The quantitative estimate of drug-likeness (QED) is 0.756. The van der Waals surface area contributed by atoms with E-state index in [0.717, 1.165) is 16.8 Å². The largest absolute Gasteiger partial charge is 0.378 e. The van der Waals surface area contributed by atoms with Crippen molar-refractivity contribution in [3.05, 3.63) is 59.2 Å². The van der Waals surface area contributed by atoms with Crippen LogP contribution in [-0.2, 0) is 17.8 Å². The molecular weight excluding hydrogens is 282 g/mol. The number of carbonyl (C=O) groups excluding carboxylic acids is 1. The second-order valence-electron chi connectivity index (χ2n) is 4.80. The van der Waals surface area contributed by atoms with Gasteiger partial charge in [-0.05, 0) is 24.3 Å². The molecule has 0 radical (unpaired) electrons. The fraction of sp³-hybridized carbons (Fsp3) is 0.200. The molecule has 3 aromatic heterocycles. The van der Waals surface area contributed by atoms with Gasteiger partial charge in [-0.2, -0.15) is 14.8 Å². The van der Waals surface area contributed by atoms with Crippen LogP contribution in [0.3, 0.4) is 0 Å². The highest BCUT2D eigenvalue weighted by Gasteiger charge is 2.17. The van der Waals surface area contributed by atoms with E-state index in [1.807, 2.05) is 12.1 Å². The van der Waals surface area contributed by atoms with Gasteiger partial charge in [-0.25, -0.2) is 0 Å². The predicted molar refractivity (Wildman–Crippen MR) is 79.3 cm³/mol. The van der Waals surface area contributed by atoms with Gasteiger partial charge in [0.25, 0.3) is 5.91 Å². The molecule has 0 spiro atoms. The maximum Gasteiger partial charge on any atom is 0.250 e. The zero-order valence-corrected chi connectivity index (χ0v) is 12.1. The van der Waals surface area contributed by atoms with Crippen molar-refractivity contribution in [2.75, 3.05) is 7.11 Å². The molecule has 3 rings (SSSR count). The Morgan fingerprint density at radius 2 is 2.09 bits per heavy atom. The lowest BCUT2D eigenvalue weighted by molar-refractivity contribution is 0.0999. The van der Waals surface area contributed by atoms with Gasteiger partial charge in [-0.3, -0.25) is 9.78 Å². The lowest BCUT2D eigenvalue weighted by Gasteiger charge is -2.06. The van der Waals surface area contributed by atoms with Crippen molar-refractivity contribution in [2.45, 2.75) is 13.0 Å². The second kappa shape index (κ2) is 5.90. The average molecular weight is 297 g/mol. The highest BCUT2D eigenvalue weighted by Crippen LogP contribution is 2.20. The number of rotatable bonds is 5. The third-order valence-corrected chi connectivity index (χ3v) is 3.39. The lowest BCUT2D eigenvalue weighted by Crippen LogP contribution is -2.15. The number of ether oxygens (including phenoxy) is 1. The molecule has 0 saturated heterocycles. The summed E-state index contributed by atoms with van der Waals surface area (Å²) in [5.74, 6) is -0.494. The number of carbonyl (C=O) groups is 1. The fourth-order valence-corrected chi connectivity index (χ4v) is 2.40. The Balaban J connectivity index is 2.10. The summed E-state index contributed by atoms with van der Waals surface area (Å²) in [5.41, 5.74) is 8.99. The summed E-state index contributed by atoms with van der Waals surface area (Å²) in [7, 11) is 1.61. The van der Waals surface area contributed by atoms with E-state index in [2.05, 4.69) is 15.2 Å². The smallest absolute Gasteiger partial charge is 0.250 e. The topological polar surface area (TPSA) is 95.4 Å². The van der Waals surface area contributed by atoms with E-state index in [4.69, 9.17) is 10.5 Å². The molecule has 0 unspecified atom stereocenters. The molecule has 112 valence electrons. The molecule has 0 bridgehead atoms.